The van der Waals surface area contributed by atoms with Crippen LogP contribution in [0.4, 0.5) is 19.0 Å². The molecule has 19 heavy (non-hydrogen) atoms. The lowest BCUT2D eigenvalue weighted by Gasteiger charge is -2.08. The molecule has 0 saturated carbocycles. The molecule has 0 aliphatic carbocycles. The van der Waals surface area contributed by atoms with E-state index in [-0.39, 0.29) is 24.7 Å². The molecule has 2 N–H and O–H groups in total. The molecular weight excluding hydrogens is 285 g/mol. The summed E-state index contributed by atoms with van der Waals surface area (Å²) in [5.41, 5.74) is -1.10. The van der Waals surface area contributed by atoms with Gasteiger partial charge in [0.2, 0.25) is 10.0 Å². The number of nitrogens with one attached hydrogen (secondary N) is 2. The summed E-state index contributed by atoms with van der Waals surface area (Å²) < 4.78 is 61.4. The lowest BCUT2D eigenvalue weighted by molar-refractivity contribution is -0.141. The van der Waals surface area contributed by atoms with Crippen LogP contribution >= 0.6 is 0 Å². The monoisotopic (exact) mass is 298 g/mol. The first kappa shape index (κ1) is 15.6. The van der Waals surface area contributed by atoms with E-state index < -0.39 is 21.9 Å². The summed E-state index contributed by atoms with van der Waals surface area (Å²) in [6.07, 6.45) is -4.54. The summed E-state index contributed by atoms with van der Waals surface area (Å²) in [5, 5.41) is 8.89. The number of nitrogens with zero attached hydrogens (tertiary/aromatic N) is 2. The maximum absolute atomic E-state index is 12.2. The third kappa shape index (κ3) is 5.39. The van der Waals surface area contributed by atoms with E-state index in [9.17, 15) is 21.6 Å². The van der Waals surface area contributed by atoms with Gasteiger partial charge in [-0.2, -0.15) is 13.2 Å². The van der Waals surface area contributed by atoms with Crippen molar-refractivity contribution in [2.24, 2.45) is 0 Å². The topological polar surface area (TPSA) is 84.0 Å². The van der Waals surface area contributed by atoms with Gasteiger partial charge in [0.25, 0.3) is 0 Å². The quantitative estimate of drug-likeness (QED) is 0.813. The Kier molecular flexibility index (Phi) is 5.06. The second kappa shape index (κ2) is 6.15. The molecule has 0 aromatic carbocycles. The molecule has 0 aliphatic heterocycles. The predicted octanol–water partition coefficient (Wildman–Crippen LogP) is 0.847. The predicted molar refractivity (Wildman–Crippen MR) is 63.0 cm³/mol. The largest absolute Gasteiger partial charge is 0.435 e. The third-order valence-electron chi connectivity index (χ3n) is 2.00. The summed E-state index contributed by atoms with van der Waals surface area (Å²) in [6, 6.07) is 1.86. The summed E-state index contributed by atoms with van der Waals surface area (Å²) in [6.45, 7) is 1.95. The summed E-state index contributed by atoms with van der Waals surface area (Å²) >= 11 is 0. The Morgan fingerprint density at radius 1 is 1.26 bits per heavy atom. The van der Waals surface area contributed by atoms with Crippen LogP contribution in [0.3, 0.4) is 0 Å². The van der Waals surface area contributed by atoms with Crippen LogP contribution in [0.2, 0.25) is 0 Å². The van der Waals surface area contributed by atoms with Gasteiger partial charge in [-0.3, -0.25) is 0 Å². The van der Waals surface area contributed by atoms with Gasteiger partial charge in [-0.15, -0.1) is 10.2 Å². The van der Waals surface area contributed by atoms with E-state index in [0.29, 0.717) is 0 Å². The Hall–Kier alpha value is -1.42. The number of hydrogen-bond donors (Lipinski definition) is 2. The molecule has 0 amide bonds. The fourth-order valence-electron chi connectivity index (χ4n) is 1.18. The van der Waals surface area contributed by atoms with Gasteiger partial charge in [0.15, 0.2) is 5.69 Å². The van der Waals surface area contributed by atoms with Crippen molar-refractivity contribution in [3.63, 3.8) is 0 Å². The van der Waals surface area contributed by atoms with Crippen molar-refractivity contribution in [2.75, 3.05) is 24.2 Å². The van der Waals surface area contributed by atoms with Crippen molar-refractivity contribution in [3.8, 4) is 0 Å². The van der Waals surface area contributed by atoms with Gasteiger partial charge >= 0.3 is 6.18 Å². The van der Waals surface area contributed by atoms with Crippen molar-refractivity contribution >= 4 is 15.8 Å². The molecule has 6 nitrogen and oxygen atoms in total. The zero-order valence-corrected chi connectivity index (χ0v) is 10.8. The molecule has 0 unspecified atom stereocenters. The highest BCUT2D eigenvalue weighted by molar-refractivity contribution is 7.89. The van der Waals surface area contributed by atoms with E-state index in [1.54, 1.807) is 6.92 Å². The normalized spacial score (nSPS) is 12.4. The van der Waals surface area contributed by atoms with Crippen molar-refractivity contribution in [3.05, 3.63) is 17.8 Å². The summed E-state index contributed by atoms with van der Waals surface area (Å²) in [5.74, 6) is -0.122. The molecule has 0 saturated heterocycles. The zero-order valence-electron chi connectivity index (χ0n) is 10.0. The Bertz CT molecular complexity index is 501. The van der Waals surface area contributed by atoms with E-state index >= 15 is 0 Å². The third-order valence-corrected chi connectivity index (χ3v) is 3.47. The molecule has 0 radical (unpaired) electrons. The smallest absolute Gasteiger partial charge is 0.368 e. The minimum absolute atomic E-state index is 0.0232. The minimum atomic E-state index is -4.54. The van der Waals surface area contributed by atoms with E-state index in [1.807, 2.05) is 0 Å². The van der Waals surface area contributed by atoms with Crippen LogP contribution in [0.15, 0.2) is 12.1 Å². The summed E-state index contributed by atoms with van der Waals surface area (Å²) in [4.78, 5) is 0. The fraction of sp³-hybridized carbons (Fsp3) is 0.556. The zero-order chi connectivity index (χ0) is 14.5. The van der Waals surface area contributed by atoms with Gasteiger partial charge in [-0.1, -0.05) is 6.92 Å². The van der Waals surface area contributed by atoms with E-state index in [1.165, 1.54) is 0 Å². The Morgan fingerprint density at radius 3 is 2.42 bits per heavy atom. The number of anilines is 1. The van der Waals surface area contributed by atoms with Gasteiger partial charge < -0.3 is 5.32 Å². The molecule has 0 bridgehead atoms. The number of sulfonamides is 1. The van der Waals surface area contributed by atoms with Crippen molar-refractivity contribution in [1.82, 2.24) is 14.9 Å². The van der Waals surface area contributed by atoms with Crippen LogP contribution in [-0.2, 0) is 16.2 Å². The Labute approximate surface area is 108 Å². The van der Waals surface area contributed by atoms with Crippen LogP contribution in [0.1, 0.15) is 12.6 Å². The molecular formula is C9H13F3N4O2S. The van der Waals surface area contributed by atoms with Crippen LogP contribution in [-0.4, -0.2) is 37.5 Å². The van der Waals surface area contributed by atoms with Gasteiger partial charge in [0.05, 0.1) is 5.75 Å². The maximum atomic E-state index is 12.2. The first-order valence-corrected chi connectivity index (χ1v) is 7.02. The number of hydrogen-bond acceptors (Lipinski definition) is 5. The number of rotatable bonds is 6. The van der Waals surface area contributed by atoms with Crippen LogP contribution in [0.25, 0.3) is 0 Å². The highest BCUT2D eigenvalue weighted by Crippen LogP contribution is 2.26. The molecule has 0 aliphatic rings. The van der Waals surface area contributed by atoms with Crippen LogP contribution in [0, 0.1) is 0 Å². The number of halogens is 3. The number of aromatic nitrogens is 2. The van der Waals surface area contributed by atoms with Crippen LogP contribution in [0.5, 0.6) is 0 Å². The second-order valence-electron chi connectivity index (χ2n) is 3.55. The minimum Gasteiger partial charge on any atom is -0.368 e. The second-order valence-corrected chi connectivity index (χ2v) is 5.47. The van der Waals surface area contributed by atoms with Crippen molar-refractivity contribution in [1.29, 1.82) is 0 Å². The molecule has 0 atom stereocenters. The van der Waals surface area contributed by atoms with Gasteiger partial charge in [-0.05, 0) is 12.1 Å². The molecule has 1 rings (SSSR count). The molecule has 0 fully saturated rings. The standard InChI is InChI=1S/C9H13F3N4O2S/c1-2-14-19(17,18)6-5-13-8-4-3-7(15-16-8)9(10,11)12/h3-4,14H,2,5-6H2,1H3,(H,13,16). The van der Waals surface area contributed by atoms with Gasteiger partial charge in [-0.25, -0.2) is 13.1 Å². The van der Waals surface area contributed by atoms with Crippen LogP contribution < -0.4 is 10.0 Å². The Morgan fingerprint density at radius 2 is 1.95 bits per heavy atom. The average Bonchev–Trinajstić information content (AvgIpc) is 2.28. The SMILES string of the molecule is CCNS(=O)(=O)CCNc1ccc(C(F)(F)F)nn1. The average molecular weight is 298 g/mol. The molecule has 1 aromatic heterocycles. The maximum Gasteiger partial charge on any atom is 0.435 e. The van der Waals surface area contributed by atoms with Crippen molar-refractivity contribution < 1.29 is 21.6 Å². The number of alkyl halides is 3. The molecule has 10 heteroatoms. The highest BCUT2D eigenvalue weighted by atomic mass is 32.2. The summed E-state index contributed by atoms with van der Waals surface area (Å²) in [7, 11) is -3.37. The molecule has 1 heterocycles. The highest BCUT2D eigenvalue weighted by Gasteiger charge is 2.32. The van der Waals surface area contributed by atoms with E-state index in [4.69, 9.17) is 0 Å². The van der Waals surface area contributed by atoms with Gasteiger partial charge in [0.1, 0.15) is 5.82 Å². The molecule has 0 spiro atoms. The molecule has 1 aromatic rings. The van der Waals surface area contributed by atoms with E-state index in [0.717, 1.165) is 12.1 Å². The van der Waals surface area contributed by atoms with Gasteiger partial charge in [0, 0.05) is 13.1 Å². The van der Waals surface area contributed by atoms with Crippen molar-refractivity contribution in [2.45, 2.75) is 13.1 Å². The van der Waals surface area contributed by atoms with E-state index in [2.05, 4.69) is 20.2 Å². The molecule has 108 valence electrons. The Balaban J connectivity index is 2.51. The first-order valence-electron chi connectivity index (χ1n) is 5.37. The first-order chi connectivity index (χ1) is 8.74. The lowest BCUT2D eigenvalue weighted by atomic mass is 10.4. The fourth-order valence-corrected chi connectivity index (χ4v) is 2.14. The lowest BCUT2D eigenvalue weighted by Crippen LogP contribution is -2.29.